The Morgan fingerprint density at radius 3 is 2.65 bits per heavy atom. The van der Waals surface area contributed by atoms with Crippen molar-refractivity contribution in [1.29, 1.82) is 0 Å². The molecule has 1 N–H and O–H groups in total. The Bertz CT molecular complexity index is 614. The van der Waals surface area contributed by atoms with Gasteiger partial charge in [0.1, 0.15) is 5.75 Å². The lowest BCUT2D eigenvalue weighted by molar-refractivity contribution is -0.118. The van der Waals surface area contributed by atoms with Crippen LogP contribution >= 0.6 is 38.5 Å². The predicted molar refractivity (Wildman–Crippen MR) is 92.2 cm³/mol. The standard InChI is InChI=1S/C15H13BrINO2/c1-10-2-3-11(16)8-14(10)18-15(19)9-20-13-6-4-12(17)5-7-13/h2-8H,9H2,1H3,(H,18,19). The highest BCUT2D eigenvalue weighted by Gasteiger charge is 2.06. The van der Waals surface area contributed by atoms with E-state index in [2.05, 4.69) is 43.8 Å². The van der Waals surface area contributed by atoms with Gasteiger partial charge in [-0.2, -0.15) is 0 Å². The lowest BCUT2D eigenvalue weighted by Crippen LogP contribution is -2.20. The van der Waals surface area contributed by atoms with Crippen LogP contribution in [-0.2, 0) is 4.79 Å². The largest absolute Gasteiger partial charge is 0.484 e. The van der Waals surface area contributed by atoms with Crippen molar-refractivity contribution in [2.75, 3.05) is 11.9 Å². The number of rotatable bonds is 4. The third kappa shape index (κ3) is 4.49. The summed E-state index contributed by atoms with van der Waals surface area (Å²) >= 11 is 5.61. The number of carbonyl (C=O) groups excluding carboxylic acids is 1. The highest BCUT2D eigenvalue weighted by Crippen LogP contribution is 2.20. The Kier molecular flexibility index (Phi) is 5.42. The molecule has 0 bridgehead atoms. The van der Waals surface area contributed by atoms with Gasteiger partial charge in [-0.05, 0) is 71.5 Å². The fourth-order valence-corrected chi connectivity index (χ4v) is 2.32. The predicted octanol–water partition coefficient (Wildman–Crippen LogP) is 4.38. The number of halogens is 2. The minimum absolute atomic E-state index is 0.00740. The van der Waals surface area contributed by atoms with Crippen molar-refractivity contribution in [1.82, 2.24) is 0 Å². The molecule has 0 aromatic heterocycles. The highest BCUT2D eigenvalue weighted by atomic mass is 127. The molecule has 3 nitrogen and oxygen atoms in total. The minimum atomic E-state index is -0.176. The van der Waals surface area contributed by atoms with Crippen molar-refractivity contribution in [2.24, 2.45) is 0 Å². The van der Waals surface area contributed by atoms with Crippen LogP contribution in [0.15, 0.2) is 46.9 Å². The molecule has 2 aromatic rings. The average Bonchev–Trinajstić information content (AvgIpc) is 2.42. The molecule has 1 amide bonds. The Balaban J connectivity index is 1.92. The smallest absolute Gasteiger partial charge is 0.262 e. The second-order valence-electron chi connectivity index (χ2n) is 4.25. The topological polar surface area (TPSA) is 38.3 Å². The number of carbonyl (C=O) groups is 1. The maximum Gasteiger partial charge on any atom is 0.262 e. The summed E-state index contributed by atoms with van der Waals surface area (Å²) in [7, 11) is 0. The SMILES string of the molecule is Cc1ccc(Br)cc1NC(=O)COc1ccc(I)cc1. The first-order valence-corrected chi connectivity index (χ1v) is 7.86. The number of nitrogens with one attached hydrogen (secondary N) is 1. The summed E-state index contributed by atoms with van der Waals surface area (Å²) in [6, 6.07) is 13.3. The quantitative estimate of drug-likeness (QED) is 0.709. The van der Waals surface area contributed by atoms with Gasteiger partial charge in [-0.1, -0.05) is 22.0 Å². The molecule has 0 atom stereocenters. The van der Waals surface area contributed by atoms with E-state index in [1.54, 1.807) is 0 Å². The molecule has 0 heterocycles. The molecule has 20 heavy (non-hydrogen) atoms. The minimum Gasteiger partial charge on any atom is -0.484 e. The molecule has 0 fully saturated rings. The molecule has 2 rings (SSSR count). The van der Waals surface area contributed by atoms with Crippen molar-refractivity contribution >= 4 is 50.1 Å². The summed E-state index contributed by atoms with van der Waals surface area (Å²) in [6.45, 7) is 1.94. The number of benzene rings is 2. The van der Waals surface area contributed by atoms with E-state index in [0.29, 0.717) is 5.75 Å². The summed E-state index contributed by atoms with van der Waals surface area (Å²) < 4.78 is 7.49. The summed E-state index contributed by atoms with van der Waals surface area (Å²) in [4.78, 5) is 11.9. The zero-order valence-electron chi connectivity index (χ0n) is 10.8. The second kappa shape index (κ2) is 7.08. The first kappa shape index (κ1) is 15.3. The van der Waals surface area contributed by atoms with Crippen molar-refractivity contribution in [3.05, 3.63) is 56.1 Å². The highest BCUT2D eigenvalue weighted by molar-refractivity contribution is 14.1. The maximum atomic E-state index is 11.9. The summed E-state index contributed by atoms with van der Waals surface area (Å²) in [5.41, 5.74) is 1.80. The molecule has 0 spiro atoms. The van der Waals surface area contributed by atoms with Crippen molar-refractivity contribution in [3.8, 4) is 5.75 Å². The summed E-state index contributed by atoms with van der Waals surface area (Å²) in [5, 5.41) is 2.84. The lowest BCUT2D eigenvalue weighted by Gasteiger charge is -2.10. The van der Waals surface area contributed by atoms with E-state index in [4.69, 9.17) is 4.74 Å². The Labute approximate surface area is 140 Å². The molecule has 0 saturated heterocycles. The number of hydrogen-bond acceptors (Lipinski definition) is 2. The van der Waals surface area contributed by atoms with Crippen molar-refractivity contribution in [3.63, 3.8) is 0 Å². The molecule has 0 saturated carbocycles. The molecule has 5 heteroatoms. The molecule has 2 aromatic carbocycles. The van der Waals surface area contributed by atoms with Crippen molar-refractivity contribution < 1.29 is 9.53 Å². The third-order valence-corrected chi connectivity index (χ3v) is 3.87. The molecule has 0 radical (unpaired) electrons. The zero-order valence-corrected chi connectivity index (χ0v) is 14.6. The van der Waals surface area contributed by atoms with Gasteiger partial charge in [0.2, 0.25) is 0 Å². The number of aryl methyl sites for hydroxylation is 1. The van der Waals surface area contributed by atoms with E-state index in [-0.39, 0.29) is 12.5 Å². The van der Waals surface area contributed by atoms with E-state index in [9.17, 15) is 4.79 Å². The van der Waals surface area contributed by atoms with Crippen LogP contribution in [-0.4, -0.2) is 12.5 Å². The van der Waals surface area contributed by atoms with Crippen LogP contribution in [0.2, 0.25) is 0 Å². The van der Waals surface area contributed by atoms with E-state index < -0.39 is 0 Å². The van der Waals surface area contributed by atoms with Crippen LogP contribution < -0.4 is 10.1 Å². The van der Waals surface area contributed by atoms with Gasteiger partial charge in [-0.25, -0.2) is 0 Å². The second-order valence-corrected chi connectivity index (χ2v) is 6.41. The number of anilines is 1. The molecular weight excluding hydrogens is 433 g/mol. The van der Waals surface area contributed by atoms with Gasteiger partial charge in [0.05, 0.1) is 0 Å². The Hall–Kier alpha value is -1.08. The van der Waals surface area contributed by atoms with Gasteiger partial charge >= 0.3 is 0 Å². The van der Waals surface area contributed by atoms with Gasteiger partial charge in [0, 0.05) is 13.7 Å². The monoisotopic (exact) mass is 445 g/mol. The summed E-state index contributed by atoms with van der Waals surface area (Å²) in [5.74, 6) is 0.510. The van der Waals surface area contributed by atoms with Gasteiger partial charge in [-0.15, -0.1) is 0 Å². The number of ether oxygens (including phenoxy) is 1. The first-order valence-electron chi connectivity index (χ1n) is 5.99. The first-order chi connectivity index (χ1) is 9.54. The molecule has 104 valence electrons. The molecule has 0 aliphatic rings. The van der Waals surface area contributed by atoms with Crippen LogP contribution in [0.3, 0.4) is 0 Å². The average molecular weight is 446 g/mol. The van der Waals surface area contributed by atoms with Crippen LogP contribution in [0, 0.1) is 10.5 Å². The van der Waals surface area contributed by atoms with Gasteiger partial charge < -0.3 is 10.1 Å². The fraction of sp³-hybridized carbons (Fsp3) is 0.133. The van der Waals surface area contributed by atoms with Crippen LogP contribution in [0.4, 0.5) is 5.69 Å². The van der Waals surface area contributed by atoms with Gasteiger partial charge in [-0.3, -0.25) is 4.79 Å². The molecule has 0 aliphatic heterocycles. The van der Waals surface area contributed by atoms with Gasteiger partial charge in [0.15, 0.2) is 6.61 Å². The molecule has 0 unspecified atom stereocenters. The molecular formula is C15H13BrINO2. The van der Waals surface area contributed by atoms with Crippen LogP contribution in [0.5, 0.6) is 5.75 Å². The Morgan fingerprint density at radius 2 is 1.95 bits per heavy atom. The van der Waals surface area contributed by atoms with E-state index in [0.717, 1.165) is 19.3 Å². The zero-order chi connectivity index (χ0) is 14.5. The van der Waals surface area contributed by atoms with E-state index in [1.165, 1.54) is 0 Å². The third-order valence-electron chi connectivity index (χ3n) is 2.66. The number of hydrogen-bond donors (Lipinski definition) is 1. The van der Waals surface area contributed by atoms with Crippen molar-refractivity contribution in [2.45, 2.75) is 6.92 Å². The van der Waals surface area contributed by atoms with Crippen LogP contribution in [0.1, 0.15) is 5.56 Å². The lowest BCUT2D eigenvalue weighted by atomic mass is 10.2. The van der Waals surface area contributed by atoms with Crippen LogP contribution in [0.25, 0.3) is 0 Å². The fourth-order valence-electron chi connectivity index (χ4n) is 1.59. The van der Waals surface area contributed by atoms with E-state index >= 15 is 0 Å². The normalized spacial score (nSPS) is 10.2. The summed E-state index contributed by atoms with van der Waals surface area (Å²) in [6.07, 6.45) is 0. The van der Waals surface area contributed by atoms with Gasteiger partial charge in [0.25, 0.3) is 5.91 Å². The molecule has 0 aliphatic carbocycles. The van der Waals surface area contributed by atoms with E-state index in [1.807, 2.05) is 49.4 Å². The maximum absolute atomic E-state index is 11.9. The Morgan fingerprint density at radius 1 is 1.25 bits per heavy atom. The number of amides is 1.